The monoisotopic (exact) mass is 552 g/mol. The molecule has 2 aromatic carbocycles. The highest BCUT2D eigenvalue weighted by Gasteiger charge is 2.34. The largest absolute Gasteiger partial charge is 0.494 e. The lowest BCUT2D eigenvalue weighted by Gasteiger charge is -2.36. The van der Waals surface area contributed by atoms with Crippen LogP contribution in [0.25, 0.3) is 0 Å². The minimum atomic E-state index is -0.167. The molecule has 0 saturated heterocycles. The number of hydrogen-bond acceptors (Lipinski definition) is 3. The number of carbonyl (C=O) groups excluding carboxylic acids is 1. The Morgan fingerprint density at radius 2 is 1.25 bits per heavy atom. The summed E-state index contributed by atoms with van der Waals surface area (Å²) in [4.78, 5) is 12.8. The van der Waals surface area contributed by atoms with E-state index in [4.69, 9.17) is 9.47 Å². The molecule has 2 aromatic rings. The summed E-state index contributed by atoms with van der Waals surface area (Å²) in [6.45, 7) is 6.24. The zero-order chi connectivity index (χ0) is 28.9. The predicted octanol–water partition coefficient (Wildman–Crippen LogP) is 9.30. The van der Waals surface area contributed by atoms with Gasteiger partial charge in [-0.3, -0.25) is 0 Å². The lowest BCUT2D eigenvalue weighted by atomic mass is 10.0. The van der Waals surface area contributed by atoms with Crippen LogP contribution in [-0.4, -0.2) is 43.8 Å². The molecule has 40 heavy (non-hydrogen) atoms. The molecular formula is C36H58NO3+. The third kappa shape index (κ3) is 14.3. The Morgan fingerprint density at radius 1 is 0.675 bits per heavy atom. The lowest BCUT2D eigenvalue weighted by Crippen LogP contribution is -2.52. The van der Waals surface area contributed by atoms with Crippen molar-refractivity contribution in [3.63, 3.8) is 0 Å². The van der Waals surface area contributed by atoms with Crippen LogP contribution >= 0.6 is 0 Å². The topological polar surface area (TPSA) is 35.5 Å². The number of quaternary nitrogens is 1. The summed E-state index contributed by atoms with van der Waals surface area (Å²) in [5.74, 6) is 0.823. The second-order valence-electron chi connectivity index (χ2n) is 12.0. The molecule has 0 aliphatic heterocycles. The van der Waals surface area contributed by atoms with Gasteiger partial charge < -0.3 is 14.0 Å². The summed E-state index contributed by atoms with van der Waals surface area (Å²) in [5.41, 5.74) is 2.63. The van der Waals surface area contributed by atoms with Crippen molar-refractivity contribution in [3.8, 4) is 5.75 Å². The SMILES string of the molecule is CCCCCCCCCCCCCc1ccc(OCCCCOC(=O)C(CC)[N+](C)(C)Cc2ccccc2)cc1. The van der Waals surface area contributed by atoms with Crippen molar-refractivity contribution >= 4 is 5.97 Å². The zero-order valence-electron chi connectivity index (χ0n) is 26.2. The van der Waals surface area contributed by atoms with Crippen LogP contribution in [0.15, 0.2) is 54.6 Å². The summed E-state index contributed by atoms with van der Waals surface area (Å²) in [6.07, 6.45) is 18.8. The molecule has 4 heteroatoms. The lowest BCUT2D eigenvalue weighted by molar-refractivity contribution is -0.919. The second-order valence-corrected chi connectivity index (χ2v) is 12.0. The van der Waals surface area contributed by atoms with Gasteiger partial charge in [-0.1, -0.05) is 121 Å². The van der Waals surface area contributed by atoms with Crippen LogP contribution in [0.5, 0.6) is 5.75 Å². The molecule has 0 heterocycles. The number of carbonyl (C=O) groups is 1. The van der Waals surface area contributed by atoms with Gasteiger partial charge in [-0.05, 0) is 43.4 Å². The molecule has 0 amide bonds. The first-order chi connectivity index (χ1) is 19.5. The van der Waals surface area contributed by atoms with Gasteiger partial charge in [0, 0.05) is 12.0 Å². The number of ether oxygens (including phenoxy) is 2. The minimum Gasteiger partial charge on any atom is -0.494 e. The molecule has 0 saturated carbocycles. The number of unbranched alkanes of at least 4 members (excludes halogenated alkanes) is 11. The van der Waals surface area contributed by atoms with Gasteiger partial charge in [-0.2, -0.15) is 0 Å². The fourth-order valence-electron chi connectivity index (χ4n) is 5.52. The molecule has 0 aromatic heterocycles. The Balaban J connectivity index is 1.52. The van der Waals surface area contributed by atoms with Gasteiger partial charge in [0.2, 0.25) is 0 Å². The molecule has 0 aliphatic rings. The minimum absolute atomic E-state index is 0.0993. The van der Waals surface area contributed by atoms with E-state index in [1.807, 2.05) is 18.2 Å². The van der Waals surface area contributed by atoms with Crippen LogP contribution in [0.1, 0.15) is 115 Å². The molecule has 2 rings (SSSR count). The van der Waals surface area contributed by atoms with E-state index in [1.54, 1.807) is 0 Å². The van der Waals surface area contributed by atoms with E-state index in [0.717, 1.165) is 38.0 Å². The first-order valence-electron chi connectivity index (χ1n) is 16.2. The van der Waals surface area contributed by atoms with Gasteiger partial charge in [0.05, 0.1) is 27.3 Å². The predicted molar refractivity (Wildman–Crippen MR) is 169 cm³/mol. The quantitative estimate of drug-likeness (QED) is 0.0783. The Kier molecular flexibility index (Phi) is 17.4. The van der Waals surface area contributed by atoms with Crippen LogP contribution in [-0.2, 0) is 22.5 Å². The Morgan fingerprint density at radius 3 is 1.85 bits per heavy atom. The van der Waals surface area contributed by atoms with Crippen molar-refractivity contribution in [2.24, 2.45) is 0 Å². The average Bonchev–Trinajstić information content (AvgIpc) is 2.95. The van der Waals surface area contributed by atoms with Crippen molar-refractivity contribution in [1.29, 1.82) is 0 Å². The molecule has 224 valence electrons. The van der Waals surface area contributed by atoms with E-state index in [-0.39, 0.29) is 12.0 Å². The molecule has 4 nitrogen and oxygen atoms in total. The Bertz CT molecular complexity index is 894. The smallest absolute Gasteiger partial charge is 0.364 e. The van der Waals surface area contributed by atoms with Gasteiger partial charge in [-0.25, -0.2) is 4.79 Å². The second kappa shape index (κ2) is 20.5. The van der Waals surface area contributed by atoms with Crippen molar-refractivity contribution in [3.05, 3.63) is 65.7 Å². The summed E-state index contributed by atoms with van der Waals surface area (Å²) in [7, 11) is 4.22. The highest BCUT2D eigenvalue weighted by Crippen LogP contribution is 2.19. The van der Waals surface area contributed by atoms with Gasteiger partial charge in [0.15, 0.2) is 6.04 Å². The standard InChI is InChI=1S/C36H58NO3/c1-5-7-8-9-10-11-12-13-14-15-17-22-32-25-27-34(28-26-32)39-29-20-21-30-40-36(38)35(6-2)37(3,4)31-33-23-18-16-19-24-33/h16,18-19,23-28,35H,5-15,17,20-22,29-31H2,1-4H3/q+1. The Labute approximate surface area is 246 Å². The van der Waals surface area contributed by atoms with E-state index in [2.05, 4.69) is 64.3 Å². The number of nitrogens with zero attached hydrogens (tertiary/aromatic N) is 1. The van der Waals surface area contributed by atoms with Gasteiger partial charge in [-0.15, -0.1) is 0 Å². The highest BCUT2D eigenvalue weighted by molar-refractivity contribution is 5.74. The van der Waals surface area contributed by atoms with Gasteiger partial charge >= 0.3 is 5.97 Å². The summed E-state index contributed by atoms with van der Waals surface area (Å²) in [5, 5.41) is 0. The molecule has 1 atom stereocenters. The number of hydrogen-bond donors (Lipinski definition) is 0. The normalized spacial score (nSPS) is 12.3. The van der Waals surface area contributed by atoms with E-state index < -0.39 is 0 Å². The average molecular weight is 553 g/mol. The molecule has 0 N–H and O–H groups in total. The molecule has 0 aliphatic carbocycles. The van der Waals surface area contributed by atoms with E-state index in [9.17, 15) is 4.79 Å². The van der Waals surface area contributed by atoms with Crippen LogP contribution < -0.4 is 4.74 Å². The third-order valence-electron chi connectivity index (χ3n) is 7.98. The number of benzene rings is 2. The molecule has 0 fully saturated rings. The molecule has 0 radical (unpaired) electrons. The van der Waals surface area contributed by atoms with Crippen molar-refractivity contribution < 1.29 is 18.8 Å². The van der Waals surface area contributed by atoms with Crippen LogP contribution in [0.2, 0.25) is 0 Å². The van der Waals surface area contributed by atoms with E-state index >= 15 is 0 Å². The third-order valence-corrected chi connectivity index (χ3v) is 7.98. The maximum atomic E-state index is 12.8. The van der Waals surface area contributed by atoms with Crippen LogP contribution in [0.4, 0.5) is 0 Å². The fourth-order valence-corrected chi connectivity index (χ4v) is 5.52. The molecule has 1 unspecified atom stereocenters. The number of esters is 1. The van der Waals surface area contributed by atoms with Crippen LogP contribution in [0.3, 0.4) is 0 Å². The van der Waals surface area contributed by atoms with E-state index in [0.29, 0.717) is 17.7 Å². The van der Waals surface area contributed by atoms with Crippen LogP contribution in [0, 0.1) is 0 Å². The molecule has 0 bridgehead atoms. The summed E-state index contributed by atoms with van der Waals surface area (Å²) in [6, 6.07) is 18.8. The van der Waals surface area contributed by atoms with Crippen molar-refractivity contribution in [2.75, 3.05) is 27.3 Å². The van der Waals surface area contributed by atoms with E-state index in [1.165, 1.54) is 81.8 Å². The first-order valence-corrected chi connectivity index (χ1v) is 16.2. The summed E-state index contributed by atoms with van der Waals surface area (Å²) >= 11 is 0. The summed E-state index contributed by atoms with van der Waals surface area (Å²) < 4.78 is 12.2. The van der Waals surface area contributed by atoms with Crippen molar-refractivity contribution in [1.82, 2.24) is 0 Å². The number of likely N-dealkylation sites (N-methyl/N-ethyl adjacent to an activating group) is 1. The molecular weight excluding hydrogens is 494 g/mol. The van der Waals surface area contributed by atoms with Gasteiger partial charge in [0.1, 0.15) is 12.3 Å². The molecule has 0 spiro atoms. The first kappa shape index (κ1) is 33.9. The highest BCUT2D eigenvalue weighted by atomic mass is 16.5. The maximum absolute atomic E-state index is 12.8. The number of aryl methyl sites for hydroxylation is 1. The van der Waals surface area contributed by atoms with Crippen molar-refractivity contribution in [2.45, 2.75) is 123 Å². The van der Waals surface area contributed by atoms with Gasteiger partial charge in [0.25, 0.3) is 0 Å². The zero-order valence-corrected chi connectivity index (χ0v) is 26.2. The maximum Gasteiger partial charge on any atom is 0.364 e. The fraction of sp³-hybridized carbons (Fsp3) is 0.639. The number of rotatable bonds is 23. The Hall–Kier alpha value is -2.33.